The van der Waals surface area contributed by atoms with Gasteiger partial charge >= 0.3 is 0 Å². The van der Waals surface area contributed by atoms with Gasteiger partial charge in [0.1, 0.15) is 17.1 Å². The summed E-state index contributed by atoms with van der Waals surface area (Å²) in [6.45, 7) is 3.98. The molecule has 0 aliphatic carbocycles. The second-order valence-corrected chi connectivity index (χ2v) is 9.74. The number of benzene rings is 3. The molecule has 5 rings (SSSR count). The van der Waals surface area contributed by atoms with Gasteiger partial charge in [0.2, 0.25) is 5.78 Å². The van der Waals surface area contributed by atoms with Crippen LogP contribution in [0.2, 0.25) is 5.02 Å². The van der Waals surface area contributed by atoms with Crippen molar-refractivity contribution in [2.75, 3.05) is 7.11 Å². The van der Waals surface area contributed by atoms with E-state index in [9.17, 15) is 14.7 Å². The molecule has 0 saturated carbocycles. The molecule has 7 nitrogen and oxygen atoms in total. The highest BCUT2D eigenvalue weighted by atomic mass is 35.5. The average Bonchev–Trinajstić information content (AvgIpc) is 3.42. The third-order valence-electron chi connectivity index (χ3n) is 6.31. The molecule has 0 saturated heterocycles. The Morgan fingerprint density at radius 3 is 2.53 bits per heavy atom. The van der Waals surface area contributed by atoms with Gasteiger partial charge in [0.25, 0.3) is 5.91 Å². The largest absolute Gasteiger partial charge is 0.503 e. The number of nitrogens with zero attached hydrogens (tertiary/aromatic N) is 1. The number of aliphatic hydroxyl groups is 1. The third kappa shape index (κ3) is 4.85. The quantitative estimate of drug-likeness (QED) is 0.256. The number of ketones is 1. The first kappa shape index (κ1) is 25.4. The molecule has 38 heavy (non-hydrogen) atoms. The predicted octanol–water partition coefficient (Wildman–Crippen LogP) is 6.66. The number of halogens is 1. The Balaban J connectivity index is 1.58. The van der Waals surface area contributed by atoms with Crippen molar-refractivity contribution in [3.05, 3.63) is 106 Å². The number of hydrogen-bond donors (Lipinski definition) is 1. The number of fused-ring (bicyclic) bond motifs is 1. The molecule has 1 N–H and O–H groups in total. The first-order chi connectivity index (χ1) is 18.2. The van der Waals surface area contributed by atoms with Gasteiger partial charge in [0.15, 0.2) is 11.5 Å². The summed E-state index contributed by atoms with van der Waals surface area (Å²) in [5.41, 5.74) is 1.84. The monoisotopic (exact) mass is 531 g/mol. The van der Waals surface area contributed by atoms with Crippen LogP contribution >= 0.6 is 11.6 Å². The van der Waals surface area contributed by atoms with E-state index in [0.717, 1.165) is 5.56 Å². The van der Waals surface area contributed by atoms with Crippen molar-refractivity contribution < 1.29 is 28.6 Å². The molecule has 4 aromatic rings. The molecule has 0 spiro atoms. The summed E-state index contributed by atoms with van der Waals surface area (Å²) >= 11 is 6.10. The SMILES string of the molecule is COc1ccc(CN2C(=O)C(O)=C(C(=O)c3cc4cc(Cl)ccc4o3)C2c2cccc(OC(C)C)c2)cc1. The zero-order chi connectivity index (χ0) is 27.0. The zero-order valence-electron chi connectivity index (χ0n) is 21.1. The lowest BCUT2D eigenvalue weighted by Crippen LogP contribution is -2.30. The lowest BCUT2D eigenvalue weighted by atomic mass is 9.94. The van der Waals surface area contributed by atoms with Gasteiger partial charge < -0.3 is 23.9 Å². The maximum atomic E-state index is 13.8. The van der Waals surface area contributed by atoms with Gasteiger partial charge in [0.05, 0.1) is 24.8 Å². The highest BCUT2D eigenvalue weighted by Gasteiger charge is 2.44. The molecule has 1 unspecified atom stereocenters. The van der Waals surface area contributed by atoms with Crippen molar-refractivity contribution in [2.45, 2.75) is 32.5 Å². The van der Waals surface area contributed by atoms with E-state index in [1.54, 1.807) is 61.7 Å². The Kier molecular flexibility index (Phi) is 6.87. The summed E-state index contributed by atoms with van der Waals surface area (Å²) in [4.78, 5) is 28.7. The van der Waals surface area contributed by atoms with Crippen LogP contribution in [0.3, 0.4) is 0 Å². The van der Waals surface area contributed by atoms with Crippen LogP contribution in [0.5, 0.6) is 11.5 Å². The Labute approximate surface area is 224 Å². The fourth-order valence-corrected chi connectivity index (χ4v) is 4.79. The van der Waals surface area contributed by atoms with Crippen molar-refractivity contribution in [1.29, 1.82) is 0 Å². The fraction of sp³-hybridized carbons (Fsp3) is 0.200. The average molecular weight is 532 g/mol. The molecule has 3 aromatic carbocycles. The molecule has 1 amide bonds. The number of carbonyl (C=O) groups excluding carboxylic acids is 2. The van der Waals surface area contributed by atoms with Crippen LogP contribution in [-0.2, 0) is 11.3 Å². The minimum absolute atomic E-state index is 0.00231. The van der Waals surface area contributed by atoms with Crippen molar-refractivity contribution in [2.24, 2.45) is 0 Å². The summed E-state index contributed by atoms with van der Waals surface area (Å²) in [7, 11) is 1.58. The topological polar surface area (TPSA) is 89.2 Å². The summed E-state index contributed by atoms with van der Waals surface area (Å²) in [6, 6.07) is 20.2. The van der Waals surface area contributed by atoms with E-state index in [1.165, 1.54) is 4.90 Å². The Morgan fingerprint density at radius 1 is 1.05 bits per heavy atom. The van der Waals surface area contributed by atoms with Gasteiger partial charge in [-0.15, -0.1) is 0 Å². The van der Waals surface area contributed by atoms with E-state index >= 15 is 0 Å². The van der Waals surface area contributed by atoms with Crippen LogP contribution in [0.1, 0.15) is 41.6 Å². The van der Waals surface area contributed by atoms with E-state index in [2.05, 4.69) is 0 Å². The second kappa shape index (κ2) is 10.3. The number of rotatable bonds is 8. The van der Waals surface area contributed by atoms with Crippen LogP contribution in [0.4, 0.5) is 0 Å². The summed E-state index contributed by atoms with van der Waals surface area (Å²) in [5.74, 6) is -0.571. The highest BCUT2D eigenvalue weighted by molar-refractivity contribution is 6.31. The number of ether oxygens (including phenoxy) is 2. The Bertz CT molecular complexity index is 1550. The predicted molar refractivity (Wildman–Crippen MR) is 144 cm³/mol. The minimum atomic E-state index is -0.871. The van der Waals surface area contributed by atoms with E-state index in [0.29, 0.717) is 33.1 Å². The smallest absolute Gasteiger partial charge is 0.290 e. The molecule has 1 aliphatic heterocycles. The molecule has 1 aliphatic rings. The van der Waals surface area contributed by atoms with Crippen molar-refractivity contribution in [3.63, 3.8) is 0 Å². The normalized spacial score (nSPS) is 15.6. The number of Topliss-reactive ketones (excluding diaryl/α,β-unsaturated/α-hetero) is 1. The number of methoxy groups -OCH3 is 1. The van der Waals surface area contributed by atoms with Crippen LogP contribution in [0.15, 0.2) is 88.5 Å². The molecule has 0 radical (unpaired) electrons. The molecule has 0 bridgehead atoms. The number of aliphatic hydroxyl groups excluding tert-OH is 1. The van der Waals surface area contributed by atoms with Gasteiger partial charge in [-0.05, 0) is 73.5 Å². The minimum Gasteiger partial charge on any atom is -0.503 e. The number of amides is 1. The van der Waals surface area contributed by atoms with Crippen LogP contribution in [0, 0.1) is 0 Å². The second-order valence-electron chi connectivity index (χ2n) is 9.31. The van der Waals surface area contributed by atoms with Crippen LogP contribution < -0.4 is 9.47 Å². The van der Waals surface area contributed by atoms with Crippen molar-refractivity contribution in [1.82, 2.24) is 4.90 Å². The molecule has 2 heterocycles. The maximum absolute atomic E-state index is 13.8. The van der Waals surface area contributed by atoms with E-state index in [4.69, 9.17) is 25.5 Å². The van der Waals surface area contributed by atoms with E-state index in [1.807, 2.05) is 32.0 Å². The summed E-state index contributed by atoms with van der Waals surface area (Å²) in [6.07, 6.45) is -0.0710. The molecular formula is C30H26ClNO6. The molecule has 8 heteroatoms. The Hall–Kier alpha value is -4.23. The van der Waals surface area contributed by atoms with Gasteiger partial charge in [0, 0.05) is 17.0 Å². The molecular weight excluding hydrogens is 506 g/mol. The van der Waals surface area contributed by atoms with Gasteiger partial charge in [-0.1, -0.05) is 35.9 Å². The van der Waals surface area contributed by atoms with Crippen LogP contribution in [-0.4, -0.2) is 34.9 Å². The summed E-state index contributed by atoms with van der Waals surface area (Å²) < 4.78 is 16.9. The summed E-state index contributed by atoms with van der Waals surface area (Å²) in [5, 5.41) is 12.2. The highest BCUT2D eigenvalue weighted by Crippen LogP contribution is 2.41. The lowest BCUT2D eigenvalue weighted by molar-refractivity contribution is -0.130. The Morgan fingerprint density at radius 2 is 1.82 bits per heavy atom. The number of carbonyl (C=O) groups is 2. The lowest BCUT2D eigenvalue weighted by Gasteiger charge is -2.27. The van der Waals surface area contributed by atoms with Crippen LogP contribution in [0.25, 0.3) is 11.0 Å². The first-order valence-corrected chi connectivity index (χ1v) is 12.5. The van der Waals surface area contributed by atoms with Gasteiger partial charge in [-0.3, -0.25) is 9.59 Å². The standard InChI is InChI=1S/C30H26ClNO6/c1-17(2)37-23-6-4-5-19(14-23)27-26(28(33)25-15-20-13-21(31)9-12-24(20)38-25)29(34)30(35)32(27)16-18-7-10-22(36-3)11-8-18/h4-15,17,27,34H,16H2,1-3H3. The zero-order valence-corrected chi connectivity index (χ0v) is 21.9. The third-order valence-corrected chi connectivity index (χ3v) is 6.54. The van der Waals surface area contributed by atoms with E-state index < -0.39 is 23.5 Å². The molecule has 0 fully saturated rings. The van der Waals surface area contributed by atoms with Gasteiger partial charge in [-0.2, -0.15) is 0 Å². The molecule has 194 valence electrons. The van der Waals surface area contributed by atoms with E-state index in [-0.39, 0.29) is 24.0 Å². The maximum Gasteiger partial charge on any atom is 0.290 e. The number of furan rings is 1. The van der Waals surface area contributed by atoms with Gasteiger partial charge in [-0.25, -0.2) is 0 Å². The fourth-order valence-electron chi connectivity index (χ4n) is 4.61. The molecule has 1 aromatic heterocycles. The van der Waals surface area contributed by atoms with Crippen molar-refractivity contribution >= 4 is 34.3 Å². The molecule has 1 atom stereocenters. The first-order valence-electron chi connectivity index (χ1n) is 12.1. The van der Waals surface area contributed by atoms with Crippen molar-refractivity contribution in [3.8, 4) is 11.5 Å². The number of hydrogen-bond acceptors (Lipinski definition) is 6.